The molecule has 1 aromatic carbocycles. The first kappa shape index (κ1) is 14.6. The molecule has 0 radical (unpaired) electrons. The van der Waals surface area contributed by atoms with Gasteiger partial charge in [0.05, 0.1) is 0 Å². The maximum absolute atomic E-state index is 11.9. The monoisotopic (exact) mass is 284 g/mol. The van der Waals surface area contributed by atoms with Crippen LogP contribution < -0.4 is 10.9 Å². The number of hydrogen-bond acceptors (Lipinski definition) is 5. The normalized spacial score (nSPS) is 10.8. The van der Waals surface area contributed by atoms with Crippen LogP contribution in [0.2, 0.25) is 0 Å². The highest BCUT2D eigenvalue weighted by molar-refractivity contribution is 5.94. The molecular formula is C15H16N4O2. The van der Waals surface area contributed by atoms with Crippen LogP contribution in [0.1, 0.15) is 42.7 Å². The van der Waals surface area contributed by atoms with E-state index in [1.165, 1.54) is 0 Å². The Morgan fingerprint density at radius 3 is 2.52 bits per heavy atom. The predicted molar refractivity (Wildman–Crippen MR) is 77.4 cm³/mol. The summed E-state index contributed by atoms with van der Waals surface area (Å²) in [5, 5.41) is 9.05. The van der Waals surface area contributed by atoms with Crippen molar-refractivity contribution < 1.29 is 9.21 Å². The van der Waals surface area contributed by atoms with E-state index in [-0.39, 0.29) is 22.9 Å². The molecule has 2 rings (SSSR count). The van der Waals surface area contributed by atoms with E-state index in [1.54, 1.807) is 24.3 Å². The van der Waals surface area contributed by atoms with Gasteiger partial charge in [0.1, 0.15) is 6.07 Å². The molecule has 1 heterocycles. The molecule has 0 saturated heterocycles. The molecule has 6 heteroatoms. The van der Waals surface area contributed by atoms with Crippen molar-refractivity contribution in [2.75, 3.05) is 5.43 Å². The van der Waals surface area contributed by atoms with E-state index in [0.717, 1.165) is 0 Å². The van der Waals surface area contributed by atoms with Crippen LogP contribution in [0.3, 0.4) is 0 Å². The van der Waals surface area contributed by atoms with Gasteiger partial charge in [0.2, 0.25) is 11.6 Å². The van der Waals surface area contributed by atoms with Crippen LogP contribution >= 0.6 is 0 Å². The molecule has 0 spiro atoms. The molecule has 0 aliphatic rings. The number of amides is 1. The van der Waals surface area contributed by atoms with Crippen LogP contribution in [-0.2, 0) is 5.41 Å². The van der Waals surface area contributed by atoms with E-state index in [0.29, 0.717) is 11.5 Å². The summed E-state index contributed by atoms with van der Waals surface area (Å²) in [4.78, 5) is 16.0. The number of benzene rings is 1. The topological polar surface area (TPSA) is 91.0 Å². The summed E-state index contributed by atoms with van der Waals surface area (Å²) in [5.74, 6) is 0.232. The van der Waals surface area contributed by atoms with Crippen molar-refractivity contribution in [1.82, 2.24) is 10.4 Å². The molecule has 6 nitrogen and oxygen atoms in total. The zero-order chi connectivity index (χ0) is 15.5. The summed E-state index contributed by atoms with van der Waals surface area (Å²) in [6.45, 7) is 5.77. The molecule has 1 aromatic heterocycles. The van der Waals surface area contributed by atoms with Gasteiger partial charge in [0.15, 0.2) is 0 Å². The molecule has 0 aliphatic carbocycles. The van der Waals surface area contributed by atoms with Crippen molar-refractivity contribution in [3.8, 4) is 6.07 Å². The Hall–Kier alpha value is -2.81. The zero-order valence-corrected chi connectivity index (χ0v) is 12.1. The molecule has 108 valence electrons. The van der Waals surface area contributed by atoms with Crippen LogP contribution in [0.4, 0.5) is 5.88 Å². The molecule has 2 N–H and O–H groups in total. The maximum atomic E-state index is 11.9. The lowest BCUT2D eigenvalue weighted by Crippen LogP contribution is -2.29. The Labute approximate surface area is 122 Å². The molecule has 0 fully saturated rings. The first-order chi connectivity index (χ1) is 9.91. The highest BCUT2D eigenvalue weighted by atomic mass is 16.4. The fraction of sp³-hybridized carbons (Fsp3) is 0.267. The van der Waals surface area contributed by atoms with Crippen LogP contribution in [0.5, 0.6) is 0 Å². The molecule has 21 heavy (non-hydrogen) atoms. The minimum absolute atomic E-state index is 0.105. The van der Waals surface area contributed by atoms with Gasteiger partial charge in [-0.2, -0.15) is 10.2 Å². The van der Waals surface area contributed by atoms with Gasteiger partial charge in [0.25, 0.3) is 11.8 Å². The van der Waals surface area contributed by atoms with Gasteiger partial charge >= 0.3 is 0 Å². The van der Waals surface area contributed by atoms with E-state index in [4.69, 9.17) is 9.68 Å². The molecule has 0 atom stereocenters. The second-order valence-electron chi connectivity index (χ2n) is 5.50. The van der Waals surface area contributed by atoms with Crippen molar-refractivity contribution in [2.45, 2.75) is 26.2 Å². The first-order valence-corrected chi connectivity index (χ1v) is 6.44. The van der Waals surface area contributed by atoms with Crippen LogP contribution in [0, 0.1) is 11.3 Å². The van der Waals surface area contributed by atoms with Crippen LogP contribution in [-0.4, -0.2) is 10.9 Å². The summed E-state index contributed by atoms with van der Waals surface area (Å²) in [6, 6.07) is 10.7. The highest BCUT2D eigenvalue weighted by Crippen LogP contribution is 2.26. The van der Waals surface area contributed by atoms with Gasteiger partial charge in [-0.3, -0.25) is 15.6 Å². The Morgan fingerprint density at radius 1 is 1.29 bits per heavy atom. The Balaban J connectivity index is 2.12. The second-order valence-corrected chi connectivity index (χ2v) is 5.50. The number of carbonyl (C=O) groups is 1. The minimum atomic E-state index is -0.326. The van der Waals surface area contributed by atoms with Gasteiger partial charge in [-0.1, -0.05) is 39.0 Å². The number of hydrogen-bond donors (Lipinski definition) is 2. The number of nitrogens with one attached hydrogen (secondary N) is 2. The second kappa shape index (κ2) is 5.67. The van der Waals surface area contributed by atoms with Gasteiger partial charge < -0.3 is 4.42 Å². The van der Waals surface area contributed by atoms with Crippen LogP contribution in [0.25, 0.3) is 0 Å². The number of nitriles is 1. The fourth-order valence-corrected chi connectivity index (χ4v) is 1.58. The van der Waals surface area contributed by atoms with Crippen LogP contribution in [0.15, 0.2) is 34.7 Å². The van der Waals surface area contributed by atoms with Crippen molar-refractivity contribution >= 4 is 11.8 Å². The number of nitrogens with zero attached hydrogens (tertiary/aromatic N) is 2. The summed E-state index contributed by atoms with van der Waals surface area (Å²) in [6.07, 6.45) is 0. The average Bonchev–Trinajstić information content (AvgIpc) is 2.89. The molecule has 1 amide bonds. The third kappa shape index (κ3) is 3.39. The standard InChI is InChI=1S/C15H16N4O2/c1-15(2,3)14-17-11(9-16)13(21-14)19-18-12(20)10-7-5-4-6-8-10/h4-8,19H,1-3H3,(H,18,20). The third-order valence-corrected chi connectivity index (χ3v) is 2.70. The molecular weight excluding hydrogens is 268 g/mol. The number of oxazole rings is 1. The fourth-order valence-electron chi connectivity index (χ4n) is 1.58. The Morgan fingerprint density at radius 2 is 1.95 bits per heavy atom. The largest absolute Gasteiger partial charge is 0.422 e. The Bertz CT molecular complexity index is 678. The van der Waals surface area contributed by atoms with E-state index in [1.807, 2.05) is 32.9 Å². The van der Waals surface area contributed by atoms with E-state index >= 15 is 0 Å². The van der Waals surface area contributed by atoms with Gasteiger partial charge in [-0.15, -0.1) is 0 Å². The molecule has 2 aromatic rings. The van der Waals surface area contributed by atoms with Gasteiger partial charge in [-0.05, 0) is 12.1 Å². The number of rotatable bonds is 3. The lowest BCUT2D eigenvalue weighted by atomic mass is 9.97. The predicted octanol–water partition coefficient (Wildman–Crippen LogP) is 2.60. The molecule has 0 bridgehead atoms. The van der Waals surface area contributed by atoms with Crippen molar-refractivity contribution in [1.29, 1.82) is 5.26 Å². The van der Waals surface area contributed by atoms with E-state index < -0.39 is 0 Å². The van der Waals surface area contributed by atoms with Crippen molar-refractivity contribution in [3.05, 3.63) is 47.5 Å². The lowest BCUT2D eigenvalue weighted by molar-refractivity contribution is 0.0961. The summed E-state index contributed by atoms with van der Waals surface area (Å²) >= 11 is 0. The van der Waals surface area contributed by atoms with E-state index in [9.17, 15) is 4.79 Å². The highest BCUT2D eigenvalue weighted by Gasteiger charge is 2.24. The van der Waals surface area contributed by atoms with Gasteiger partial charge in [0, 0.05) is 11.0 Å². The third-order valence-electron chi connectivity index (χ3n) is 2.70. The summed E-state index contributed by atoms with van der Waals surface area (Å²) < 4.78 is 5.50. The SMILES string of the molecule is CC(C)(C)c1nc(C#N)c(NNC(=O)c2ccccc2)o1. The lowest BCUT2D eigenvalue weighted by Gasteiger charge is -2.12. The van der Waals surface area contributed by atoms with Crippen molar-refractivity contribution in [3.63, 3.8) is 0 Å². The molecule has 0 saturated carbocycles. The maximum Gasteiger partial charge on any atom is 0.269 e. The van der Waals surface area contributed by atoms with Crippen molar-refractivity contribution in [2.24, 2.45) is 0 Å². The summed E-state index contributed by atoms with van der Waals surface area (Å²) in [5.41, 5.74) is 5.36. The summed E-state index contributed by atoms with van der Waals surface area (Å²) in [7, 11) is 0. The average molecular weight is 284 g/mol. The Kier molecular flexibility index (Phi) is 3.94. The number of carbonyl (C=O) groups excluding carboxylic acids is 1. The minimum Gasteiger partial charge on any atom is -0.422 e. The number of hydrazine groups is 1. The van der Waals surface area contributed by atoms with Gasteiger partial charge in [-0.25, -0.2) is 0 Å². The zero-order valence-electron chi connectivity index (χ0n) is 12.1. The van der Waals surface area contributed by atoms with E-state index in [2.05, 4.69) is 15.8 Å². The number of aromatic nitrogens is 1. The molecule has 0 aliphatic heterocycles. The number of anilines is 1. The quantitative estimate of drug-likeness (QED) is 0.845. The smallest absolute Gasteiger partial charge is 0.269 e. The first-order valence-electron chi connectivity index (χ1n) is 6.44. The molecule has 0 unspecified atom stereocenters.